The van der Waals surface area contributed by atoms with Crippen molar-refractivity contribution >= 4 is 10.0 Å². The number of para-hydroxylation sites is 1. The summed E-state index contributed by atoms with van der Waals surface area (Å²) in [5.41, 5.74) is 2.92. The Labute approximate surface area is 142 Å². The van der Waals surface area contributed by atoms with Crippen LogP contribution in [0, 0.1) is 6.92 Å². The predicted octanol–water partition coefficient (Wildman–Crippen LogP) is 2.42. The van der Waals surface area contributed by atoms with E-state index in [0.717, 1.165) is 22.4 Å². The minimum Gasteiger partial charge on any atom is -0.491 e. The molecule has 0 radical (unpaired) electrons. The molecule has 1 unspecified atom stereocenters. The van der Waals surface area contributed by atoms with Crippen LogP contribution < -0.4 is 9.46 Å². The maximum absolute atomic E-state index is 12.6. The number of hydrogen-bond acceptors (Lipinski definition) is 4. The molecule has 0 spiro atoms. The quantitative estimate of drug-likeness (QED) is 0.902. The van der Waals surface area contributed by atoms with Crippen molar-refractivity contribution in [1.82, 2.24) is 4.72 Å². The lowest BCUT2D eigenvalue weighted by Crippen LogP contribution is -2.42. The van der Waals surface area contributed by atoms with Gasteiger partial charge in [0.25, 0.3) is 0 Å². The topological polar surface area (TPSA) is 64.6 Å². The molecule has 1 aliphatic rings. The molecule has 0 amide bonds. The molecule has 0 fully saturated rings. The van der Waals surface area contributed by atoms with Crippen LogP contribution in [0.4, 0.5) is 0 Å². The summed E-state index contributed by atoms with van der Waals surface area (Å²) in [6.07, 6.45) is 0.619. The largest absolute Gasteiger partial charge is 0.491 e. The third kappa shape index (κ3) is 3.61. The lowest BCUT2D eigenvalue weighted by Gasteiger charge is -2.27. The molecule has 0 saturated carbocycles. The third-order valence-corrected chi connectivity index (χ3v) is 5.55. The van der Waals surface area contributed by atoms with Gasteiger partial charge in [0.15, 0.2) is 0 Å². The fraction of sp³-hybridized carbons (Fsp3) is 0.333. The van der Waals surface area contributed by atoms with Crippen molar-refractivity contribution in [2.24, 2.45) is 0 Å². The Morgan fingerprint density at radius 1 is 1.25 bits per heavy atom. The molecule has 2 aromatic carbocycles. The molecule has 1 atom stereocenters. The summed E-state index contributed by atoms with van der Waals surface area (Å²) in [7, 11) is -2.02. The predicted molar refractivity (Wildman–Crippen MR) is 91.6 cm³/mol. The zero-order valence-electron chi connectivity index (χ0n) is 13.8. The maximum atomic E-state index is 12.6. The molecule has 2 aromatic rings. The molecule has 5 nitrogen and oxygen atoms in total. The van der Waals surface area contributed by atoms with E-state index in [1.54, 1.807) is 25.3 Å². The highest BCUT2D eigenvalue weighted by Crippen LogP contribution is 2.28. The molecule has 0 saturated heterocycles. The summed E-state index contributed by atoms with van der Waals surface area (Å²) >= 11 is 0. The van der Waals surface area contributed by atoms with E-state index in [9.17, 15) is 8.42 Å². The van der Waals surface area contributed by atoms with E-state index < -0.39 is 10.0 Å². The molecule has 0 bridgehead atoms. The van der Waals surface area contributed by atoms with Crippen LogP contribution in [0.2, 0.25) is 0 Å². The van der Waals surface area contributed by atoms with Crippen LogP contribution in [0.1, 0.15) is 16.7 Å². The Bertz CT molecular complexity index is 833. The van der Waals surface area contributed by atoms with E-state index in [2.05, 4.69) is 4.72 Å². The zero-order chi connectivity index (χ0) is 17.2. The van der Waals surface area contributed by atoms with Gasteiger partial charge < -0.3 is 9.47 Å². The van der Waals surface area contributed by atoms with Gasteiger partial charge in [-0.05, 0) is 42.2 Å². The van der Waals surface area contributed by atoms with E-state index in [1.165, 1.54) is 0 Å². The van der Waals surface area contributed by atoms with Crippen LogP contribution in [-0.2, 0) is 27.8 Å². The molecule has 3 rings (SSSR count). The number of benzene rings is 2. The summed E-state index contributed by atoms with van der Waals surface area (Å²) in [5, 5.41) is 0. The lowest BCUT2D eigenvalue weighted by atomic mass is 10.0. The maximum Gasteiger partial charge on any atom is 0.240 e. The standard InChI is InChI=1S/C18H21NO4S/c1-13-5-3-7-15-10-16(12-23-18(13)15)19-24(20,21)17-8-4-6-14(9-17)11-22-2/h3-9,16,19H,10-12H2,1-2H3. The van der Waals surface area contributed by atoms with Crippen LogP contribution in [-0.4, -0.2) is 28.2 Å². The highest BCUT2D eigenvalue weighted by Gasteiger charge is 2.26. The highest BCUT2D eigenvalue weighted by molar-refractivity contribution is 7.89. The van der Waals surface area contributed by atoms with Crippen molar-refractivity contribution in [3.63, 3.8) is 0 Å². The number of sulfonamides is 1. The first-order chi connectivity index (χ1) is 11.5. The molecule has 128 valence electrons. The molecule has 1 N–H and O–H groups in total. The monoisotopic (exact) mass is 347 g/mol. The number of hydrogen-bond donors (Lipinski definition) is 1. The third-order valence-electron chi connectivity index (χ3n) is 4.03. The minimum atomic E-state index is -3.60. The van der Waals surface area contributed by atoms with Crippen LogP contribution >= 0.6 is 0 Å². The van der Waals surface area contributed by atoms with E-state index in [-0.39, 0.29) is 10.9 Å². The Morgan fingerprint density at radius 2 is 2.04 bits per heavy atom. The fourth-order valence-electron chi connectivity index (χ4n) is 2.92. The minimum absolute atomic E-state index is 0.243. The highest BCUT2D eigenvalue weighted by atomic mass is 32.2. The number of ether oxygens (including phenoxy) is 2. The molecule has 1 heterocycles. The smallest absolute Gasteiger partial charge is 0.240 e. The van der Waals surface area contributed by atoms with Crippen molar-refractivity contribution < 1.29 is 17.9 Å². The van der Waals surface area contributed by atoms with Crippen molar-refractivity contribution in [3.05, 3.63) is 59.2 Å². The van der Waals surface area contributed by atoms with Gasteiger partial charge in [0, 0.05) is 7.11 Å². The van der Waals surface area contributed by atoms with Gasteiger partial charge in [0.2, 0.25) is 10.0 Å². The first kappa shape index (κ1) is 17.0. The van der Waals surface area contributed by atoms with Gasteiger partial charge in [0.05, 0.1) is 17.5 Å². The molecular weight excluding hydrogens is 326 g/mol. The molecule has 24 heavy (non-hydrogen) atoms. The second-order valence-electron chi connectivity index (χ2n) is 5.98. The average molecular weight is 347 g/mol. The van der Waals surface area contributed by atoms with Gasteiger partial charge in [-0.15, -0.1) is 0 Å². The molecule has 6 heteroatoms. The number of aryl methyl sites for hydroxylation is 1. The first-order valence-electron chi connectivity index (χ1n) is 7.81. The summed E-state index contributed by atoms with van der Waals surface area (Å²) in [4.78, 5) is 0.243. The Hall–Kier alpha value is -1.89. The average Bonchev–Trinajstić information content (AvgIpc) is 2.55. The van der Waals surface area contributed by atoms with Crippen LogP contribution in [0.25, 0.3) is 0 Å². The Kier molecular flexibility index (Phi) is 4.89. The summed E-state index contributed by atoms with van der Waals surface area (Å²) < 4.78 is 38.8. The van der Waals surface area contributed by atoms with Gasteiger partial charge in [0.1, 0.15) is 12.4 Å². The van der Waals surface area contributed by atoms with Gasteiger partial charge in [-0.25, -0.2) is 13.1 Å². The van der Waals surface area contributed by atoms with Gasteiger partial charge in [-0.3, -0.25) is 0 Å². The van der Waals surface area contributed by atoms with Gasteiger partial charge >= 0.3 is 0 Å². The van der Waals surface area contributed by atoms with Crippen LogP contribution in [0.5, 0.6) is 5.75 Å². The van der Waals surface area contributed by atoms with E-state index in [0.29, 0.717) is 19.6 Å². The zero-order valence-corrected chi connectivity index (χ0v) is 14.6. The van der Waals surface area contributed by atoms with E-state index in [1.807, 2.05) is 31.2 Å². The summed E-state index contributed by atoms with van der Waals surface area (Å²) in [6.45, 7) is 2.70. The van der Waals surface area contributed by atoms with Crippen molar-refractivity contribution in [3.8, 4) is 5.75 Å². The van der Waals surface area contributed by atoms with Gasteiger partial charge in [-0.1, -0.05) is 30.3 Å². The van der Waals surface area contributed by atoms with Crippen molar-refractivity contribution in [1.29, 1.82) is 0 Å². The number of nitrogens with one attached hydrogen (secondary N) is 1. The number of rotatable bonds is 5. The normalized spacial score (nSPS) is 17.2. The Balaban J connectivity index is 1.77. The van der Waals surface area contributed by atoms with E-state index in [4.69, 9.17) is 9.47 Å². The molecule has 0 aromatic heterocycles. The Morgan fingerprint density at radius 3 is 2.83 bits per heavy atom. The van der Waals surface area contributed by atoms with Crippen molar-refractivity contribution in [2.45, 2.75) is 30.9 Å². The lowest BCUT2D eigenvalue weighted by molar-refractivity contribution is 0.184. The second kappa shape index (κ2) is 6.93. The first-order valence-corrected chi connectivity index (χ1v) is 9.29. The molecule has 1 aliphatic heterocycles. The number of fused-ring (bicyclic) bond motifs is 1. The second-order valence-corrected chi connectivity index (χ2v) is 7.69. The SMILES string of the molecule is COCc1cccc(S(=O)(=O)NC2COc3c(C)cccc3C2)c1. The van der Waals surface area contributed by atoms with E-state index >= 15 is 0 Å². The van der Waals surface area contributed by atoms with Crippen LogP contribution in [0.3, 0.4) is 0 Å². The number of methoxy groups -OCH3 is 1. The van der Waals surface area contributed by atoms with Gasteiger partial charge in [-0.2, -0.15) is 0 Å². The summed E-state index contributed by atoms with van der Waals surface area (Å²) in [5.74, 6) is 0.870. The molecule has 0 aliphatic carbocycles. The molecular formula is C18H21NO4S. The fourth-order valence-corrected chi connectivity index (χ4v) is 4.21. The van der Waals surface area contributed by atoms with Crippen molar-refractivity contribution in [2.75, 3.05) is 13.7 Å². The van der Waals surface area contributed by atoms with Crippen LogP contribution in [0.15, 0.2) is 47.4 Å². The summed E-state index contributed by atoms with van der Waals surface area (Å²) in [6, 6.07) is 12.4.